The van der Waals surface area contributed by atoms with Crippen LogP contribution in [0.1, 0.15) is 5.56 Å². The Labute approximate surface area is 124 Å². The summed E-state index contributed by atoms with van der Waals surface area (Å²) in [6.07, 6.45) is -4.60. The molecule has 2 atom stereocenters. The predicted octanol–water partition coefficient (Wildman–Crippen LogP) is 2.53. The minimum absolute atomic E-state index is 0.155. The second-order valence-electron chi connectivity index (χ2n) is 4.69. The normalized spacial score (nSPS) is 22.3. The largest absolute Gasteiger partial charge is 0.418 e. The molecule has 0 bridgehead atoms. The Balaban J connectivity index is 2.25. The SMILES string of the molecule is CNC1COCC1C(=O)Nc1c(Cl)cccc1C(F)(F)F. The number of hydrogen-bond acceptors (Lipinski definition) is 3. The number of alkyl halides is 3. The van der Waals surface area contributed by atoms with Gasteiger partial charge in [0.25, 0.3) is 0 Å². The van der Waals surface area contributed by atoms with E-state index in [1.165, 1.54) is 12.1 Å². The van der Waals surface area contributed by atoms with Crippen LogP contribution in [-0.2, 0) is 15.7 Å². The molecule has 4 nitrogen and oxygen atoms in total. The van der Waals surface area contributed by atoms with E-state index in [-0.39, 0.29) is 17.7 Å². The highest BCUT2D eigenvalue weighted by molar-refractivity contribution is 6.34. The molecule has 2 rings (SSSR count). The monoisotopic (exact) mass is 322 g/mol. The van der Waals surface area contributed by atoms with Gasteiger partial charge in [-0.25, -0.2) is 0 Å². The van der Waals surface area contributed by atoms with Crippen molar-refractivity contribution >= 4 is 23.2 Å². The lowest BCUT2D eigenvalue weighted by Crippen LogP contribution is -2.39. The van der Waals surface area contributed by atoms with Crippen LogP contribution < -0.4 is 10.6 Å². The molecule has 1 aromatic carbocycles. The minimum Gasteiger partial charge on any atom is -0.379 e. The molecule has 1 aliphatic heterocycles. The highest BCUT2D eigenvalue weighted by Gasteiger charge is 2.37. The van der Waals surface area contributed by atoms with Gasteiger partial charge in [-0.2, -0.15) is 13.2 Å². The molecule has 1 heterocycles. The lowest BCUT2D eigenvalue weighted by Gasteiger charge is -2.19. The number of ether oxygens (including phenoxy) is 1. The standard InChI is InChI=1S/C13H14ClF3N2O2/c1-18-10-6-21-5-7(10)12(20)19-11-8(13(15,16)17)3-2-4-9(11)14/h2-4,7,10,18H,5-6H2,1H3,(H,19,20). The highest BCUT2D eigenvalue weighted by atomic mass is 35.5. The van der Waals surface area contributed by atoms with Crippen LogP contribution in [0.2, 0.25) is 5.02 Å². The highest BCUT2D eigenvalue weighted by Crippen LogP contribution is 2.38. The zero-order valence-electron chi connectivity index (χ0n) is 11.1. The maximum atomic E-state index is 13.0. The molecule has 0 radical (unpaired) electrons. The Morgan fingerprint density at radius 3 is 2.71 bits per heavy atom. The van der Waals surface area contributed by atoms with Crippen molar-refractivity contribution in [3.63, 3.8) is 0 Å². The van der Waals surface area contributed by atoms with E-state index in [0.29, 0.717) is 6.61 Å². The summed E-state index contributed by atoms with van der Waals surface area (Å²) in [5.41, 5.74) is -1.39. The number of amides is 1. The summed E-state index contributed by atoms with van der Waals surface area (Å²) in [7, 11) is 1.66. The first-order valence-electron chi connectivity index (χ1n) is 6.26. The number of nitrogens with one attached hydrogen (secondary N) is 2. The zero-order valence-corrected chi connectivity index (χ0v) is 11.9. The van der Waals surface area contributed by atoms with Gasteiger partial charge < -0.3 is 15.4 Å². The van der Waals surface area contributed by atoms with Gasteiger partial charge >= 0.3 is 6.18 Å². The van der Waals surface area contributed by atoms with Crippen molar-refractivity contribution in [3.8, 4) is 0 Å². The van der Waals surface area contributed by atoms with Crippen molar-refractivity contribution in [1.29, 1.82) is 0 Å². The molecule has 8 heteroatoms. The molecule has 0 aliphatic carbocycles. The molecule has 2 N–H and O–H groups in total. The van der Waals surface area contributed by atoms with Crippen LogP contribution in [0.25, 0.3) is 0 Å². The van der Waals surface area contributed by atoms with Crippen molar-refractivity contribution in [1.82, 2.24) is 5.32 Å². The van der Waals surface area contributed by atoms with E-state index >= 15 is 0 Å². The van der Waals surface area contributed by atoms with Gasteiger partial charge in [-0.05, 0) is 19.2 Å². The molecule has 1 fully saturated rings. The number of halogens is 4. The molecule has 0 spiro atoms. The fourth-order valence-electron chi connectivity index (χ4n) is 2.20. The summed E-state index contributed by atoms with van der Waals surface area (Å²) in [5, 5.41) is 5.03. The van der Waals surface area contributed by atoms with Gasteiger partial charge in [0.05, 0.1) is 35.4 Å². The van der Waals surface area contributed by atoms with Crippen LogP contribution in [0.3, 0.4) is 0 Å². The fourth-order valence-corrected chi connectivity index (χ4v) is 2.42. The van der Waals surface area contributed by atoms with Gasteiger partial charge in [-0.1, -0.05) is 17.7 Å². The Morgan fingerprint density at radius 1 is 1.38 bits per heavy atom. The van der Waals surface area contributed by atoms with E-state index in [1.807, 2.05) is 0 Å². The number of rotatable bonds is 3. The van der Waals surface area contributed by atoms with Gasteiger partial charge in [0.2, 0.25) is 5.91 Å². The van der Waals surface area contributed by atoms with Crippen molar-refractivity contribution in [3.05, 3.63) is 28.8 Å². The molecule has 1 aliphatic rings. The molecular formula is C13H14ClF3N2O2. The molecule has 1 amide bonds. The van der Waals surface area contributed by atoms with Gasteiger partial charge in [0, 0.05) is 6.04 Å². The first kappa shape index (κ1) is 16.1. The first-order chi connectivity index (χ1) is 9.84. The smallest absolute Gasteiger partial charge is 0.379 e. The Hall–Kier alpha value is -1.31. The summed E-state index contributed by atoms with van der Waals surface area (Å²) in [6.45, 7) is 0.492. The van der Waals surface area contributed by atoms with E-state index < -0.39 is 29.3 Å². The van der Waals surface area contributed by atoms with Crippen LogP contribution in [-0.4, -0.2) is 32.2 Å². The third-order valence-electron chi connectivity index (χ3n) is 3.36. The third kappa shape index (κ3) is 3.48. The maximum absolute atomic E-state index is 13.0. The second-order valence-corrected chi connectivity index (χ2v) is 5.10. The summed E-state index contributed by atoms with van der Waals surface area (Å²) < 4.78 is 44.0. The van der Waals surface area contributed by atoms with Gasteiger partial charge in [-0.3, -0.25) is 4.79 Å². The zero-order chi connectivity index (χ0) is 15.6. The number of hydrogen-bond donors (Lipinski definition) is 2. The second kappa shape index (κ2) is 6.21. The quantitative estimate of drug-likeness (QED) is 0.899. The first-order valence-corrected chi connectivity index (χ1v) is 6.64. The minimum atomic E-state index is -4.60. The number of carbonyl (C=O) groups excluding carboxylic acids is 1. The van der Waals surface area contributed by atoms with Crippen molar-refractivity contribution < 1.29 is 22.7 Å². The summed E-state index contributed by atoms with van der Waals surface area (Å²) >= 11 is 5.79. The number of carbonyl (C=O) groups is 1. The van der Waals surface area contributed by atoms with E-state index in [4.69, 9.17) is 16.3 Å². The summed E-state index contributed by atoms with van der Waals surface area (Å²) in [6, 6.07) is 3.13. The number of benzene rings is 1. The van der Waals surface area contributed by atoms with Gasteiger partial charge in [0.1, 0.15) is 0 Å². The Kier molecular flexibility index (Phi) is 4.75. The number of para-hydroxylation sites is 1. The topological polar surface area (TPSA) is 50.4 Å². The lowest BCUT2D eigenvalue weighted by molar-refractivity contribution is -0.137. The third-order valence-corrected chi connectivity index (χ3v) is 3.67. The molecule has 1 aromatic rings. The van der Waals surface area contributed by atoms with Crippen LogP contribution in [0.15, 0.2) is 18.2 Å². The van der Waals surface area contributed by atoms with E-state index in [1.54, 1.807) is 7.05 Å². The Bertz CT molecular complexity index is 537. The maximum Gasteiger partial charge on any atom is 0.418 e. The molecule has 21 heavy (non-hydrogen) atoms. The molecule has 0 saturated carbocycles. The van der Waals surface area contributed by atoms with E-state index in [9.17, 15) is 18.0 Å². The molecule has 2 unspecified atom stereocenters. The van der Waals surface area contributed by atoms with Gasteiger partial charge in [0.15, 0.2) is 0 Å². The van der Waals surface area contributed by atoms with Crippen LogP contribution >= 0.6 is 11.6 Å². The molecular weight excluding hydrogens is 309 g/mol. The van der Waals surface area contributed by atoms with Crippen molar-refractivity contribution in [2.75, 3.05) is 25.6 Å². The Morgan fingerprint density at radius 2 is 2.10 bits per heavy atom. The van der Waals surface area contributed by atoms with Crippen LogP contribution in [0.4, 0.5) is 18.9 Å². The van der Waals surface area contributed by atoms with E-state index in [2.05, 4.69) is 10.6 Å². The van der Waals surface area contributed by atoms with E-state index in [0.717, 1.165) is 6.07 Å². The average molecular weight is 323 g/mol. The van der Waals surface area contributed by atoms with Crippen LogP contribution in [0.5, 0.6) is 0 Å². The van der Waals surface area contributed by atoms with Gasteiger partial charge in [-0.15, -0.1) is 0 Å². The summed E-state index contributed by atoms with van der Waals surface area (Å²) in [5.74, 6) is -1.11. The molecule has 1 saturated heterocycles. The van der Waals surface area contributed by atoms with Crippen LogP contribution in [0, 0.1) is 5.92 Å². The molecule has 116 valence electrons. The fraction of sp³-hybridized carbons (Fsp3) is 0.462. The number of likely N-dealkylation sites (N-methyl/N-ethyl adjacent to an activating group) is 1. The van der Waals surface area contributed by atoms with Crippen molar-refractivity contribution in [2.45, 2.75) is 12.2 Å². The predicted molar refractivity (Wildman–Crippen MR) is 72.2 cm³/mol. The number of anilines is 1. The summed E-state index contributed by atoms with van der Waals surface area (Å²) in [4.78, 5) is 12.2. The lowest BCUT2D eigenvalue weighted by atomic mass is 10.0. The molecule has 0 aromatic heterocycles. The average Bonchev–Trinajstić information content (AvgIpc) is 2.88. The van der Waals surface area contributed by atoms with Crippen molar-refractivity contribution in [2.24, 2.45) is 5.92 Å².